The first-order chi connectivity index (χ1) is 17.5. The maximum atomic E-state index is 13.6. The van der Waals surface area contributed by atoms with Gasteiger partial charge in [0.15, 0.2) is 5.78 Å². The molecule has 2 aromatic heterocycles. The van der Waals surface area contributed by atoms with Crippen molar-refractivity contribution in [2.45, 2.75) is 37.7 Å². The van der Waals surface area contributed by atoms with Crippen LogP contribution < -0.4 is 10.5 Å². The molecule has 1 amide bonds. The molecule has 9 heteroatoms. The van der Waals surface area contributed by atoms with Crippen molar-refractivity contribution in [2.24, 2.45) is 5.73 Å². The van der Waals surface area contributed by atoms with Crippen molar-refractivity contribution in [1.82, 2.24) is 9.97 Å². The Labute approximate surface area is 211 Å². The van der Waals surface area contributed by atoms with Gasteiger partial charge >= 0.3 is 0 Å². The number of ketones is 1. The molecule has 0 unspecified atom stereocenters. The summed E-state index contributed by atoms with van der Waals surface area (Å²) in [6.45, 7) is 3.18. The van der Waals surface area contributed by atoms with E-state index in [0.717, 1.165) is 0 Å². The average molecular weight is 506 g/mol. The van der Waals surface area contributed by atoms with Crippen LogP contribution in [-0.4, -0.2) is 33.4 Å². The standard InChI is InChI=1S/C28H25F2N3O4/c1-27(26(31)35)14-37-25-19(27)13-23(33-24(25)15-3-6-17(29)7-4-15)28(2,36)10-9-22(34)21-11-16-5-8-18(30)12-20(16)32-21/h3-8,11-13,32,36H,9-10,14H2,1-2H3,(H2,31,35)/t27-,28-/m0/s1. The first-order valence-corrected chi connectivity index (χ1v) is 11.8. The van der Waals surface area contributed by atoms with E-state index in [9.17, 15) is 23.5 Å². The summed E-state index contributed by atoms with van der Waals surface area (Å²) in [5, 5.41) is 12.1. The van der Waals surface area contributed by atoms with Gasteiger partial charge in [-0.15, -0.1) is 0 Å². The van der Waals surface area contributed by atoms with E-state index in [1.807, 2.05) is 0 Å². The Morgan fingerprint density at radius 1 is 1.14 bits per heavy atom. The smallest absolute Gasteiger partial charge is 0.231 e. The van der Waals surface area contributed by atoms with Gasteiger partial charge in [-0.25, -0.2) is 13.8 Å². The molecule has 3 heterocycles. The van der Waals surface area contributed by atoms with Crippen molar-refractivity contribution in [3.8, 4) is 17.0 Å². The van der Waals surface area contributed by atoms with Gasteiger partial charge in [0, 0.05) is 28.5 Å². The predicted molar refractivity (Wildman–Crippen MR) is 133 cm³/mol. The minimum Gasteiger partial charge on any atom is -0.489 e. The zero-order valence-corrected chi connectivity index (χ0v) is 20.3. The molecule has 1 aliphatic heterocycles. The monoisotopic (exact) mass is 505 g/mol. The number of hydrogen-bond acceptors (Lipinski definition) is 5. The van der Waals surface area contributed by atoms with E-state index in [-0.39, 0.29) is 30.9 Å². The number of pyridine rings is 1. The summed E-state index contributed by atoms with van der Waals surface area (Å²) in [4.78, 5) is 32.8. The fraction of sp³-hybridized carbons (Fsp3) is 0.250. The number of Topliss-reactive ketones (excluding diaryl/α,β-unsaturated/α-hetero) is 1. The van der Waals surface area contributed by atoms with E-state index in [4.69, 9.17) is 10.5 Å². The van der Waals surface area contributed by atoms with Gasteiger partial charge in [-0.05, 0) is 74.9 Å². The summed E-state index contributed by atoms with van der Waals surface area (Å²) in [7, 11) is 0. The third-order valence-electron chi connectivity index (χ3n) is 7.01. The quantitative estimate of drug-likeness (QED) is 0.319. The number of aliphatic hydroxyl groups is 1. The highest BCUT2D eigenvalue weighted by Crippen LogP contribution is 2.46. The van der Waals surface area contributed by atoms with Crippen LogP contribution in [0.3, 0.4) is 0 Å². The summed E-state index contributed by atoms with van der Waals surface area (Å²) in [5.74, 6) is -1.36. The molecule has 1 aliphatic rings. The molecule has 0 aliphatic carbocycles. The van der Waals surface area contributed by atoms with Crippen LogP contribution in [0.15, 0.2) is 54.6 Å². The molecule has 37 heavy (non-hydrogen) atoms. The lowest BCUT2D eigenvalue weighted by Gasteiger charge is -2.25. The summed E-state index contributed by atoms with van der Waals surface area (Å²) < 4.78 is 32.9. The number of nitrogens with one attached hydrogen (secondary N) is 1. The molecule has 0 spiro atoms. The van der Waals surface area contributed by atoms with Crippen molar-refractivity contribution in [3.63, 3.8) is 0 Å². The number of nitrogens with two attached hydrogens (primary N) is 1. The normalized spacial score (nSPS) is 18.3. The third kappa shape index (κ3) is 4.35. The Morgan fingerprint density at radius 3 is 2.54 bits per heavy atom. The van der Waals surface area contributed by atoms with E-state index in [1.165, 1.54) is 43.3 Å². The van der Waals surface area contributed by atoms with Gasteiger partial charge < -0.3 is 20.6 Å². The Bertz CT molecular complexity index is 1550. The van der Waals surface area contributed by atoms with Crippen molar-refractivity contribution < 1.29 is 28.2 Å². The number of carbonyl (C=O) groups is 2. The summed E-state index contributed by atoms with van der Waals surface area (Å²) >= 11 is 0. The number of benzene rings is 2. The van der Waals surface area contributed by atoms with Gasteiger partial charge in [0.1, 0.15) is 40.7 Å². The lowest BCUT2D eigenvalue weighted by Crippen LogP contribution is -2.40. The number of aromatic amines is 1. The number of carbonyl (C=O) groups excluding carboxylic acids is 2. The highest BCUT2D eigenvalue weighted by atomic mass is 19.1. The molecular formula is C28H25F2N3O4. The van der Waals surface area contributed by atoms with Crippen LogP contribution in [0, 0.1) is 11.6 Å². The van der Waals surface area contributed by atoms with Gasteiger partial charge in [-0.2, -0.15) is 0 Å². The predicted octanol–water partition coefficient (Wildman–Crippen LogP) is 4.51. The Morgan fingerprint density at radius 2 is 1.84 bits per heavy atom. The van der Waals surface area contributed by atoms with Crippen LogP contribution in [0.5, 0.6) is 5.75 Å². The van der Waals surface area contributed by atoms with Gasteiger partial charge in [-0.3, -0.25) is 9.59 Å². The largest absolute Gasteiger partial charge is 0.489 e. The number of ether oxygens (including phenoxy) is 1. The van der Waals surface area contributed by atoms with Gasteiger partial charge in [0.2, 0.25) is 5.91 Å². The van der Waals surface area contributed by atoms with Crippen LogP contribution in [0.1, 0.15) is 48.4 Å². The molecule has 5 rings (SSSR count). The molecule has 4 aromatic rings. The van der Waals surface area contributed by atoms with Crippen LogP contribution in [0.4, 0.5) is 8.78 Å². The zero-order chi connectivity index (χ0) is 26.5. The number of hydrogen-bond donors (Lipinski definition) is 3. The second-order valence-electron chi connectivity index (χ2n) is 9.84. The maximum Gasteiger partial charge on any atom is 0.231 e. The van der Waals surface area contributed by atoms with Crippen molar-refractivity contribution in [1.29, 1.82) is 0 Å². The highest BCUT2D eigenvalue weighted by molar-refractivity contribution is 5.99. The number of aromatic nitrogens is 2. The second kappa shape index (κ2) is 8.77. The van der Waals surface area contributed by atoms with E-state index in [1.54, 1.807) is 25.1 Å². The van der Waals surface area contributed by atoms with Crippen LogP contribution in [0.25, 0.3) is 22.2 Å². The minimum absolute atomic E-state index is 0.00139. The molecule has 0 saturated heterocycles. The molecule has 0 radical (unpaired) electrons. The van der Waals surface area contributed by atoms with Gasteiger partial charge in [0.25, 0.3) is 0 Å². The molecule has 0 fully saturated rings. The maximum absolute atomic E-state index is 13.6. The molecule has 0 bridgehead atoms. The van der Waals surface area contributed by atoms with Gasteiger partial charge in [0.05, 0.1) is 11.4 Å². The summed E-state index contributed by atoms with van der Waals surface area (Å²) in [6.07, 6.45) is -0.0190. The molecule has 2 atom stereocenters. The molecule has 190 valence electrons. The lowest BCUT2D eigenvalue weighted by atomic mass is 9.81. The second-order valence-corrected chi connectivity index (χ2v) is 9.84. The third-order valence-corrected chi connectivity index (χ3v) is 7.01. The summed E-state index contributed by atoms with van der Waals surface area (Å²) in [6, 6.07) is 13.0. The number of amides is 1. The van der Waals surface area contributed by atoms with Crippen LogP contribution in [0.2, 0.25) is 0 Å². The number of primary amides is 1. The van der Waals surface area contributed by atoms with E-state index in [0.29, 0.717) is 39.2 Å². The fourth-order valence-corrected chi connectivity index (χ4v) is 4.54. The number of H-pyrrole nitrogens is 1. The average Bonchev–Trinajstić information content (AvgIpc) is 3.44. The Hall–Kier alpha value is -4.11. The molecule has 2 aromatic carbocycles. The molecule has 0 saturated carbocycles. The first-order valence-electron chi connectivity index (χ1n) is 11.8. The fourth-order valence-electron chi connectivity index (χ4n) is 4.54. The van der Waals surface area contributed by atoms with Crippen molar-refractivity contribution in [2.75, 3.05) is 6.61 Å². The van der Waals surface area contributed by atoms with Crippen molar-refractivity contribution in [3.05, 3.63) is 83.2 Å². The van der Waals surface area contributed by atoms with Gasteiger partial charge in [-0.1, -0.05) is 0 Å². The Kier molecular flexibility index (Phi) is 5.83. The van der Waals surface area contributed by atoms with E-state index < -0.39 is 28.6 Å². The van der Waals surface area contributed by atoms with Crippen LogP contribution in [-0.2, 0) is 15.8 Å². The lowest BCUT2D eigenvalue weighted by molar-refractivity contribution is -0.123. The molecule has 4 N–H and O–H groups in total. The van der Waals surface area contributed by atoms with E-state index >= 15 is 0 Å². The number of halogens is 2. The number of rotatable bonds is 7. The first kappa shape index (κ1) is 24.6. The number of nitrogens with zero attached hydrogens (tertiary/aromatic N) is 1. The highest BCUT2D eigenvalue weighted by Gasteiger charge is 2.45. The Balaban J connectivity index is 1.49. The van der Waals surface area contributed by atoms with E-state index in [2.05, 4.69) is 9.97 Å². The molecular weight excluding hydrogens is 480 g/mol. The minimum atomic E-state index is -1.57. The topological polar surface area (TPSA) is 118 Å². The SMILES string of the molecule is C[C@](O)(CCC(=O)c1cc2ccc(F)cc2[nH]1)c1cc2c(c(-c3ccc(F)cc3)n1)OC[C@]2(C)C(N)=O. The zero-order valence-electron chi connectivity index (χ0n) is 20.3. The number of fused-ring (bicyclic) bond motifs is 2. The van der Waals surface area contributed by atoms with Crippen molar-refractivity contribution >= 4 is 22.6 Å². The summed E-state index contributed by atoms with van der Waals surface area (Å²) in [5.41, 5.74) is 5.33. The molecule has 7 nitrogen and oxygen atoms in total. The van der Waals surface area contributed by atoms with Crippen LogP contribution >= 0.6 is 0 Å².